The van der Waals surface area contributed by atoms with Crippen LogP contribution >= 0.6 is 0 Å². The number of nitro benzene ring substituents is 1. The maximum absolute atomic E-state index is 11.1. The van der Waals surface area contributed by atoms with Crippen LogP contribution in [0.25, 0.3) is 0 Å². The second-order valence-electron chi connectivity index (χ2n) is 3.96. The zero-order valence-corrected chi connectivity index (χ0v) is 10.5. The summed E-state index contributed by atoms with van der Waals surface area (Å²) in [5, 5.41) is 20.0. The molecule has 0 radical (unpaired) electrons. The lowest BCUT2D eigenvalue weighted by Gasteiger charge is -2.09. The number of nitro groups is 1. The first-order valence-corrected chi connectivity index (χ1v) is 5.60. The molecule has 0 saturated carbocycles. The molecule has 0 aliphatic heterocycles. The van der Waals surface area contributed by atoms with Gasteiger partial charge in [0.1, 0.15) is 18.0 Å². The molecule has 2 rings (SSSR count). The summed E-state index contributed by atoms with van der Waals surface area (Å²) in [6.45, 7) is -0.0609. The summed E-state index contributed by atoms with van der Waals surface area (Å²) in [6, 6.07) is 3.75. The summed E-state index contributed by atoms with van der Waals surface area (Å²) in [7, 11) is 1.74. The van der Waals surface area contributed by atoms with Gasteiger partial charge >= 0.3 is 11.7 Å². The molecule has 20 heavy (non-hydrogen) atoms. The summed E-state index contributed by atoms with van der Waals surface area (Å²) < 4.78 is 6.99. The lowest BCUT2D eigenvalue weighted by atomic mass is 10.2. The molecule has 0 unspecified atom stereocenters. The number of carboxylic acids is 1. The van der Waals surface area contributed by atoms with Crippen LogP contribution in [0.1, 0.15) is 16.2 Å². The lowest BCUT2D eigenvalue weighted by molar-refractivity contribution is -0.386. The molecule has 0 fully saturated rings. The van der Waals surface area contributed by atoms with E-state index in [1.165, 1.54) is 18.2 Å². The SMILES string of the molecule is Cn1ccnc1COc1c(C(=O)O)cccc1[N+](=O)[O-]. The molecule has 1 aromatic heterocycles. The van der Waals surface area contributed by atoms with Gasteiger partial charge in [0.15, 0.2) is 0 Å². The second kappa shape index (κ2) is 5.39. The number of aromatic carboxylic acids is 1. The number of aryl methyl sites for hydroxylation is 1. The van der Waals surface area contributed by atoms with E-state index >= 15 is 0 Å². The van der Waals surface area contributed by atoms with Crippen molar-refractivity contribution >= 4 is 11.7 Å². The van der Waals surface area contributed by atoms with Crippen LogP contribution in [-0.2, 0) is 13.7 Å². The van der Waals surface area contributed by atoms with Crippen LogP contribution in [0.2, 0.25) is 0 Å². The number of hydrogen-bond acceptors (Lipinski definition) is 5. The first-order chi connectivity index (χ1) is 9.50. The third-order valence-corrected chi connectivity index (χ3v) is 2.69. The number of para-hydroxylation sites is 1. The van der Waals surface area contributed by atoms with Crippen LogP contribution in [-0.4, -0.2) is 25.6 Å². The number of imidazole rings is 1. The van der Waals surface area contributed by atoms with Gasteiger partial charge in [0.25, 0.3) is 0 Å². The van der Waals surface area contributed by atoms with Gasteiger partial charge in [-0.1, -0.05) is 6.07 Å². The average Bonchev–Trinajstić information content (AvgIpc) is 2.81. The van der Waals surface area contributed by atoms with Crippen LogP contribution in [0.3, 0.4) is 0 Å². The zero-order valence-electron chi connectivity index (χ0n) is 10.5. The van der Waals surface area contributed by atoms with Gasteiger partial charge < -0.3 is 14.4 Å². The molecule has 2 aromatic rings. The van der Waals surface area contributed by atoms with Gasteiger partial charge in [-0.3, -0.25) is 10.1 Å². The van der Waals surface area contributed by atoms with Crippen molar-refractivity contribution in [2.45, 2.75) is 6.61 Å². The molecule has 0 spiro atoms. The molecular formula is C12H11N3O5. The number of rotatable bonds is 5. The van der Waals surface area contributed by atoms with Crippen molar-refractivity contribution in [1.29, 1.82) is 0 Å². The third kappa shape index (κ3) is 2.58. The van der Waals surface area contributed by atoms with Crippen molar-refractivity contribution in [3.05, 3.63) is 52.1 Å². The first kappa shape index (κ1) is 13.5. The number of aromatic nitrogens is 2. The van der Waals surface area contributed by atoms with Gasteiger partial charge in [0.05, 0.1) is 4.92 Å². The van der Waals surface area contributed by atoms with Gasteiger partial charge in [-0.25, -0.2) is 9.78 Å². The van der Waals surface area contributed by atoms with E-state index in [4.69, 9.17) is 9.84 Å². The number of nitrogens with zero attached hydrogens (tertiary/aromatic N) is 3. The van der Waals surface area contributed by atoms with E-state index in [-0.39, 0.29) is 23.6 Å². The quantitative estimate of drug-likeness (QED) is 0.657. The Morgan fingerprint density at radius 1 is 1.55 bits per heavy atom. The van der Waals surface area contributed by atoms with Crippen LogP contribution in [0.4, 0.5) is 5.69 Å². The van der Waals surface area contributed by atoms with Crippen LogP contribution in [0.15, 0.2) is 30.6 Å². The summed E-state index contributed by atoms with van der Waals surface area (Å²) in [5.41, 5.74) is -0.646. The Morgan fingerprint density at radius 2 is 2.30 bits per heavy atom. The van der Waals surface area contributed by atoms with E-state index in [1.807, 2.05) is 0 Å². The Kier molecular flexibility index (Phi) is 3.65. The smallest absolute Gasteiger partial charge is 0.339 e. The molecule has 0 bridgehead atoms. The standard InChI is InChI=1S/C12H11N3O5/c1-14-6-5-13-10(14)7-20-11-8(12(16)17)3-2-4-9(11)15(18)19/h2-6H,7H2,1H3,(H,16,17). The van der Waals surface area contributed by atoms with Crippen LogP contribution in [0.5, 0.6) is 5.75 Å². The van der Waals surface area contributed by atoms with Crippen LogP contribution in [0, 0.1) is 10.1 Å². The number of carboxylic acid groups (broad SMARTS) is 1. The van der Waals surface area contributed by atoms with E-state index in [9.17, 15) is 14.9 Å². The van der Waals surface area contributed by atoms with Gasteiger partial charge in [-0.05, 0) is 6.07 Å². The molecule has 0 atom stereocenters. The maximum atomic E-state index is 11.1. The van der Waals surface area contributed by atoms with Crippen LogP contribution < -0.4 is 4.74 Å². The molecule has 1 aromatic carbocycles. The number of ether oxygens (including phenoxy) is 1. The van der Waals surface area contributed by atoms with E-state index in [1.54, 1.807) is 24.0 Å². The van der Waals surface area contributed by atoms with Gasteiger partial charge in [-0.15, -0.1) is 0 Å². The summed E-state index contributed by atoms with van der Waals surface area (Å²) in [4.78, 5) is 25.4. The van der Waals surface area contributed by atoms with Crippen molar-refractivity contribution in [2.24, 2.45) is 7.05 Å². The number of hydrogen-bond donors (Lipinski definition) is 1. The predicted octanol–water partition coefficient (Wildman–Crippen LogP) is 1.61. The van der Waals surface area contributed by atoms with Crippen molar-refractivity contribution < 1.29 is 19.6 Å². The van der Waals surface area contributed by atoms with E-state index in [2.05, 4.69) is 4.98 Å². The fourth-order valence-electron chi connectivity index (χ4n) is 1.66. The van der Waals surface area contributed by atoms with Gasteiger partial charge in [0.2, 0.25) is 5.75 Å². The molecule has 0 aliphatic carbocycles. The highest BCUT2D eigenvalue weighted by Crippen LogP contribution is 2.31. The van der Waals surface area contributed by atoms with Crippen molar-refractivity contribution in [1.82, 2.24) is 9.55 Å². The molecule has 0 amide bonds. The maximum Gasteiger partial charge on any atom is 0.339 e. The Labute approximate surface area is 113 Å². The predicted molar refractivity (Wildman–Crippen MR) is 67.6 cm³/mol. The van der Waals surface area contributed by atoms with E-state index in [0.29, 0.717) is 5.82 Å². The van der Waals surface area contributed by atoms with Crippen molar-refractivity contribution in [2.75, 3.05) is 0 Å². The van der Waals surface area contributed by atoms with Gasteiger partial charge in [0, 0.05) is 25.5 Å². The lowest BCUT2D eigenvalue weighted by Crippen LogP contribution is -2.08. The van der Waals surface area contributed by atoms with Crippen molar-refractivity contribution in [3.8, 4) is 5.75 Å². The Morgan fingerprint density at radius 3 is 2.85 bits per heavy atom. The minimum Gasteiger partial charge on any atom is -0.478 e. The van der Waals surface area contributed by atoms with Crippen molar-refractivity contribution in [3.63, 3.8) is 0 Å². The van der Waals surface area contributed by atoms with E-state index < -0.39 is 10.9 Å². The fourth-order valence-corrected chi connectivity index (χ4v) is 1.66. The monoisotopic (exact) mass is 277 g/mol. The summed E-state index contributed by atoms with van der Waals surface area (Å²) >= 11 is 0. The fraction of sp³-hybridized carbons (Fsp3) is 0.167. The first-order valence-electron chi connectivity index (χ1n) is 5.60. The Hall–Kier alpha value is -2.90. The Bertz CT molecular complexity index is 633. The highest BCUT2D eigenvalue weighted by atomic mass is 16.6. The number of carbonyl (C=O) groups is 1. The Balaban J connectivity index is 2.36. The highest BCUT2D eigenvalue weighted by molar-refractivity contribution is 5.92. The largest absolute Gasteiger partial charge is 0.478 e. The molecule has 1 N–H and O–H groups in total. The number of benzene rings is 1. The molecular weight excluding hydrogens is 266 g/mol. The molecule has 0 aliphatic rings. The zero-order chi connectivity index (χ0) is 14.7. The molecule has 8 heteroatoms. The second-order valence-corrected chi connectivity index (χ2v) is 3.96. The van der Waals surface area contributed by atoms with Gasteiger partial charge in [-0.2, -0.15) is 0 Å². The molecule has 1 heterocycles. The summed E-state index contributed by atoms with van der Waals surface area (Å²) in [5.74, 6) is -1.03. The minimum absolute atomic E-state index is 0.0609. The van der Waals surface area contributed by atoms with E-state index in [0.717, 1.165) is 0 Å². The third-order valence-electron chi connectivity index (χ3n) is 2.69. The molecule has 8 nitrogen and oxygen atoms in total. The topological polar surface area (TPSA) is 107 Å². The highest BCUT2D eigenvalue weighted by Gasteiger charge is 2.23. The molecule has 0 saturated heterocycles. The summed E-state index contributed by atoms with van der Waals surface area (Å²) in [6.07, 6.45) is 3.24. The average molecular weight is 277 g/mol. The minimum atomic E-state index is -1.29. The normalized spacial score (nSPS) is 10.2. The molecule has 104 valence electrons.